The molecule has 0 bridgehead atoms. The third-order valence-electron chi connectivity index (χ3n) is 3.29. The Morgan fingerprint density at radius 3 is 2.68 bits per heavy atom. The van der Waals surface area contributed by atoms with Gasteiger partial charge in [0.05, 0.1) is 5.38 Å². The Hall–Kier alpha value is -0.830. The number of benzene rings is 2. The lowest BCUT2D eigenvalue weighted by Gasteiger charge is -2.12. The molecule has 0 spiro atoms. The summed E-state index contributed by atoms with van der Waals surface area (Å²) in [6.07, 6.45) is 0. The highest BCUT2D eigenvalue weighted by Gasteiger charge is 2.17. The monoisotopic (exact) mass is 350 g/mol. The van der Waals surface area contributed by atoms with Crippen molar-refractivity contribution in [2.24, 2.45) is 0 Å². The molecule has 0 aliphatic carbocycles. The van der Waals surface area contributed by atoms with E-state index in [1.165, 1.54) is 26.8 Å². The van der Waals surface area contributed by atoms with Crippen molar-refractivity contribution >= 4 is 49.0 Å². The van der Waals surface area contributed by atoms with E-state index in [9.17, 15) is 0 Å². The second-order valence-corrected chi connectivity index (χ2v) is 6.81. The molecule has 3 rings (SSSR count). The van der Waals surface area contributed by atoms with Gasteiger partial charge in [-0.1, -0.05) is 40.2 Å². The quantitative estimate of drug-likeness (QED) is 0.475. The van der Waals surface area contributed by atoms with Crippen molar-refractivity contribution in [3.8, 4) is 0 Å². The Morgan fingerprint density at radius 1 is 1.11 bits per heavy atom. The van der Waals surface area contributed by atoms with Crippen molar-refractivity contribution in [1.29, 1.82) is 0 Å². The molecule has 0 nitrogen and oxygen atoms in total. The van der Waals surface area contributed by atoms with Gasteiger partial charge in [-0.15, -0.1) is 22.9 Å². The molecular weight excluding hydrogens is 340 g/mol. The van der Waals surface area contributed by atoms with Crippen LogP contribution < -0.4 is 0 Å². The zero-order valence-corrected chi connectivity index (χ0v) is 13.5. The number of rotatable bonds is 2. The number of thiophene rings is 1. The van der Waals surface area contributed by atoms with E-state index in [0.717, 1.165) is 4.47 Å². The highest BCUT2D eigenvalue weighted by Crippen LogP contribution is 2.38. The van der Waals surface area contributed by atoms with Gasteiger partial charge in [-0.05, 0) is 52.6 Å². The average Bonchev–Trinajstić information content (AvgIpc) is 2.82. The summed E-state index contributed by atoms with van der Waals surface area (Å²) in [6.45, 7) is 2.10. The van der Waals surface area contributed by atoms with Gasteiger partial charge in [-0.25, -0.2) is 0 Å². The summed E-state index contributed by atoms with van der Waals surface area (Å²) in [5, 5.41) is 3.34. The van der Waals surface area contributed by atoms with E-state index >= 15 is 0 Å². The first-order valence-corrected chi connectivity index (χ1v) is 8.14. The van der Waals surface area contributed by atoms with Gasteiger partial charge in [-0.3, -0.25) is 0 Å². The molecule has 2 aromatic carbocycles. The van der Waals surface area contributed by atoms with Gasteiger partial charge in [0.25, 0.3) is 0 Å². The summed E-state index contributed by atoms with van der Waals surface area (Å²) in [7, 11) is 0. The summed E-state index contributed by atoms with van der Waals surface area (Å²) >= 11 is 11.9. The highest BCUT2D eigenvalue weighted by molar-refractivity contribution is 9.10. The second-order valence-electron chi connectivity index (χ2n) is 4.55. The molecule has 0 fully saturated rings. The highest BCUT2D eigenvalue weighted by atomic mass is 79.9. The van der Waals surface area contributed by atoms with Gasteiger partial charge in [-0.2, -0.15) is 0 Å². The maximum Gasteiger partial charge on any atom is 0.0852 e. The standard InChI is InChI=1S/C16H12BrClS/c1-10-8-11(17)6-7-12(10)16(18)14-9-19-15-5-3-2-4-13(14)15/h2-9,16H,1H3. The lowest BCUT2D eigenvalue weighted by atomic mass is 10.00. The summed E-state index contributed by atoms with van der Waals surface area (Å²) in [4.78, 5) is 0. The minimum Gasteiger partial charge on any atom is -0.143 e. The van der Waals surface area contributed by atoms with Crippen molar-refractivity contribution in [3.63, 3.8) is 0 Å². The fourth-order valence-electron chi connectivity index (χ4n) is 2.29. The third-order valence-corrected chi connectivity index (χ3v) is 5.23. The zero-order chi connectivity index (χ0) is 13.4. The van der Waals surface area contributed by atoms with Crippen molar-refractivity contribution < 1.29 is 0 Å². The Morgan fingerprint density at radius 2 is 1.89 bits per heavy atom. The molecule has 0 N–H and O–H groups in total. The molecule has 0 saturated heterocycles. The van der Waals surface area contributed by atoms with Crippen LogP contribution >= 0.6 is 38.9 Å². The minimum atomic E-state index is -0.0933. The molecule has 96 valence electrons. The predicted octanol–water partition coefficient (Wildman–Crippen LogP) is 6.30. The first kappa shape index (κ1) is 13.2. The van der Waals surface area contributed by atoms with Crippen LogP contribution in [0.4, 0.5) is 0 Å². The minimum absolute atomic E-state index is 0.0933. The molecule has 0 radical (unpaired) electrons. The normalized spacial score (nSPS) is 12.8. The fraction of sp³-hybridized carbons (Fsp3) is 0.125. The third kappa shape index (κ3) is 2.45. The van der Waals surface area contributed by atoms with E-state index in [1.807, 2.05) is 6.07 Å². The largest absolute Gasteiger partial charge is 0.143 e. The summed E-state index contributed by atoms with van der Waals surface area (Å²) in [5.74, 6) is 0. The number of fused-ring (bicyclic) bond motifs is 1. The van der Waals surface area contributed by atoms with Crippen molar-refractivity contribution in [1.82, 2.24) is 0 Å². The van der Waals surface area contributed by atoms with Gasteiger partial charge in [0.15, 0.2) is 0 Å². The van der Waals surface area contributed by atoms with E-state index in [4.69, 9.17) is 11.6 Å². The molecule has 3 heteroatoms. The van der Waals surface area contributed by atoms with E-state index < -0.39 is 0 Å². The van der Waals surface area contributed by atoms with Crippen LogP contribution in [0.25, 0.3) is 10.1 Å². The molecule has 1 aromatic heterocycles. The Kier molecular flexibility index (Phi) is 3.66. The molecule has 1 atom stereocenters. The number of hydrogen-bond acceptors (Lipinski definition) is 1. The van der Waals surface area contributed by atoms with Crippen molar-refractivity contribution in [3.05, 3.63) is 69.0 Å². The molecular formula is C16H12BrClS. The first-order valence-electron chi connectivity index (χ1n) is 6.03. The molecule has 0 aliphatic rings. The predicted molar refractivity (Wildman–Crippen MR) is 88.4 cm³/mol. The Bertz CT molecular complexity index is 732. The maximum absolute atomic E-state index is 6.70. The number of hydrogen-bond donors (Lipinski definition) is 0. The van der Waals surface area contributed by atoms with Gasteiger partial charge in [0, 0.05) is 9.17 Å². The van der Waals surface area contributed by atoms with E-state index in [2.05, 4.69) is 64.6 Å². The number of aryl methyl sites for hydroxylation is 1. The van der Waals surface area contributed by atoms with Crippen LogP contribution in [0.3, 0.4) is 0 Å². The summed E-state index contributed by atoms with van der Waals surface area (Å²) < 4.78 is 2.38. The first-order chi connectivity index (χ1) is 9.16. The van der Waals surface area contributed by atoms with E-state index in [1.54, 1.807) is 11.3 Å². The number of halogens is 2. The molecule has 0 aliphatic heterocycles. The lowest BCUT2D eigenvalue weighted by Crippen LogP contribution is -1.95. The number of alkyl halides is 1. The summed E-state index contributed by atoms with van der Waals surface area (Å²) in [5.41, 5.74) is 3.59. The fourth-order valence-corrected chi connectivity index (χ4v) is 4.25. The molecule has 0 amide bonds. The van der Waals surface area contributed by atoms with E-state index in [0.29, 0.717) is 0 Å². The lowest BCUT2D eigenvalue weighted by molar-refractivity contribution is 1.13. The van der Waals surface area contributed by atoms with Crippen LogP contribution in [0.15, 0.2) is 52.3 Å². The Balaban J connectivity index is 2.10. The topological polar surface area (TPSA) is 0 Å². The molecule has 1 unspecified atom stereocenters. The van der Waals surface area contributed by atoms with Gasteiger partial charge in [0.1, 0.15) is 0 Å². The molecule has 1 heterocycles. The molecule has 3 aromatic rings. The van der Waals surface area contributed by atoms with Crippen LogP contribution in [-0.2, 0) is 0 Å². The second kappa shape index (κ2) is 5.28. The SMILES string of the molecule is Cc1cc(Br)ccc1C(Cl)c1csc2ccccc12. The Labute approximate surface area is 130 Å². The van der Waals surface area contributed by atoms with Crippen LogP contribution in [0.1, 0.15) is 22.1 Å². The molecule has 0 saturated carbocycles. The smallest absolute Gasteiger partial charge is 0.0852 e. The maximum atomic E-state index is 6.70. The van der Waals surface area contributed by atoms with Crippen LogP contribution in [0.2, 0.25) is 0 Å². The van der Waals surface area contributed by atoms with Gasteiger partial charge >= 0.3 is 0 Å². The van der Waals surface area contributed by atoms with Gasteiger partial charge < -0.3 is 0 Å². The van der Waals surface area contributed by atoms with Gasteiger partial charge in [0.2, 0.25) is 0 Å². The summed E-state index contributed by atoms with van der Waals surface area (Å²) in [6, 6.07) is 14.7. The van der Waals surface area contributed by atoms with Crippen LogP contribution in [-0.4, -0.2) is 0 Å². The van der Waals surface area contributed by atoms with E-state index in [-0.39, 0.29) is 5.38 Å². The van der Waals surface area contributed by atoms with Crippen molar-refractivity contribution in [2.75, 3.05) is 0 Å². The average molecular weight is 352 g/mol. The zero-order valence-electron chi connectivity index (χ0n) is 10.4. The van der Waals surface area contributed by atoms with Crippen molar-refractivity contribution in [2.45, 2.75) is 12.3 Å². The molecule has 19 heavy (non-hydrogen) atoms. The van der Waals surface area contributed by atoms with Crippen LogP contribution in [0.5, 0.6) is 0 Å². The van der Waals surface area contributed by atoms with Crippen LogP contribution in [0, 0.1) is 6.92 Å².